The number of nitro groups is 1. The van der Waals surface area contributed by atoms with Crippen molar-refractivity contribution in [2.45, 2.75) is 11.8 Å². The number of sulfonamides is 1. The van der Waals surface area contributed by atoms with Gasteiger partial charge in [0.05, 0.1) is 11.5 Å². The monoisotopic (exact) mass is 303 g/mol. The van der Waals surface area contributed by atoms with Crippen LogP contribution in [0.1, 0.15) is 6.92 Å². The lowest BCUT2D eigenvalue weighted by molar-refractivity contribution is -0.387. The zero-order valence-corrected chi connectivity index (χ0v) is 12.1. The molecule has 0 fully saturated rings. The van der Waals surface area contributed by atoms with E-state index in [-0.39, 0.29) is 13.2 Å². The molecular weight excluding hydrogens is 286 g/mol. The first kappa shape index (κ1) is 16.3. The molecule has 0 saturated carbocycles. The van der Waals surface area contributed by atoms with Crippen LogP contribution in [-0.2, 0) is 10.0 Å². The van der Waals surface area contributed by atoms with Crippen LogP contribution in [0.5, 0.6) is 0 Å². The zero-order chi connectivity index (χ0) is 15.3. The summed E-state index contributed by atoms with van der Waals surface area (Å²) in [5.41, 5.74) is -0.00878. The fourth-order valence-corrected chi connectivity index (χ4v) is 2.96. The summed E-state index contributed by atoms with van der Waals surface area (Å²) in [6.45, 7) is 1.89. The highest BCUT2D eigenvalue weighted by atomic mass is 32.2. The second-order valence-corrected chi connectivity index (χ2v) is 6.03. The predicted molar refractivity (Wildman–Crippen MR) is 74.2 cm³/mol. The van der Waals surface area contributed by atoms with E-state index < -0.39 is 25.5 Å². The van der Waals surface area contributed by atoms with Gasteiger partial charge in [0.1, 0.15) is 0 Å². The van der Waals surface area contributed by atoms with Crippen molar-refractivity contribution in [1.82, 2.24) is 4.31 Å². The van der Waals surface area contributed by atoms with Gasteiger partial charge in [0.2, 0.25) is 10.0 Å². The molecule has 0 saturated heterocycles. The van der Waals surface area contributed by atoms with Gasteiger partial charge in [0, 0.05) is 31.9 Å². The van der Waals surface area contributed by atoms with E-state index in [2.05, 4.69) is 5.32 Å². The molecule has 0 unspecified atom stereocenters. The molecular formula is C11H17N3O5S. The van der Waals surface area contributed by atoms with E-state index in [4.69, 9.17) is 5.11 Å². The molecule has 0 heterocycles. The molecule has 2 N–H and O–H groups in total. The van der Waals surface area contributed by atoms with E-state index in [1.54, 1.807) is 0 Å². The molecule has 112 valence electrons. The normalized spacial score (nSPS) is 11.6. The Kier molecular flexibility index (Phi) is 5.43. The summed E-state index contributed by atoms with van der Waals surface area (Å²) in [6.07, 6.45) is 0. The zero-order valence-electron chi connectivity index (χ0n) is 11.2. The number of aliphatic hydroxyl groups is 1. The highest BCUT2D eigenvalue weighted by Gasteiger charge is 2.29. The van der Waals surface area contributed by atoms with Crippen LogP contribution in [0.4, 0.5) is 11.4 Å². The number of benzene rings is 1. The molecule has 1 aromatic carbocycles. The molecule has 0 bridgehead atoms. The average Bonchev–Trinajstić information content (AvgIpc) is 2.39. The molecule has 8 nitrogen and oxygen atoms in total. The standard InChI is InChI=1S/C11H17N3O5S/c1-3-12-9-4-5-10(14(16)17)11(8-9)20(18,19)13(2)6-7-15/h4-5,8,12,15H,3,6-7H2,1-2H3. The Hall–Kier alpha value is -1.71. The Bertz CT molecular complexity index is 588. The molecule has 9 heteroatoms. The number of likely N-dealkylation sites (N-methyl/N-ethyl adjacent to an activating group) is 1. The Morgan fingerprint density at radius 3 is 2.60 bits per heavy atom. The summed E-state index contributed by atoms with van der Waals surface area (Å²) in [5.74, 6) is 0. The van der Waals surface area contributed by atoms with Gasteiger partial charge in [-0.25, -0.2) is 8.42 Å². The summed E-state index contributed by atoms with van der Waals surface area (Å²) in [6, 6.07) is 3.83. The maximum atomic E-state index is 12.3. The van der Waals surface area contributed by atoms with Gasteiger partial charge in [-0.1, -0.05) is 0 Å². The lowest BCUT2D eigenvalue weighted by Gasteiger charge is -2.16. The summed E-state index contributed by atoms with van der Waals surface area (Å²) in [5, 5.41) is 22.7. The second-order valence-electron chi connectivity index (χ2n) is 4.02. The largest absolute Gasteiger partial charge is 0.395 e. The lowest BCUT2D eigenvalue weighted by Crippen LogP contribution is -2.30. The molecule has 0 atom stereocenters. The third-order valence-electron chi connectivity index (χ3n) is 2.64. The van der Waals surface area contributed by atoms with Crippen LogP contribution in [0.3, 0.4) is 0 Å². The Morgan fingerprint density at radius 1 is 1.45 bits per heavy atom. The number of rotatable bonds is 7. The van der Waals surface area contributed by atoms with Gasteiger partial charge < -0.3 is 10.4 Å². The van der Waals surface area contributed by atoms with E-state index in [0.29, 0.717) is 12.2 Å². The maximum Gasteiger partial charge on any atom is 0.289 e. The van der Waals surface area contributed by atoms with Crippen LogP contribution >= 0.6 is 0 Å². The number of aliphatic hydroxyl groups excluding tert-OH is 1. The van der Waals surface area contributed by atoms with Crippen LogP contribution in [-0.4, -0.2) is 49.5 Å². The number of nitrogens with zero attached hydrogens (tertiary/aromatic N) is 2. The average molecular weight is 303 g/mol. The Labute approximate surface area is 117 Å². The first-order valence-corrected chi connectivity index (χ1v) is 7.38. The minimum Gasteiger partial charge on any atom is -0.395 e. The third kappa shape index (κ3) is 3.44. The van der Waals surface area contributed by atoms with Crippen LogP contribution < -0.4 is 5.32 Å². The van der Waals surface area contributed by atoms with Gasteiger partial charge in [-0.15, -0.1) is 0 Å². The quantitative estimate of drug-likeness (QED) is 0.564. The van der Waals surface area contributed by atoms with Crippen molar-refractivity contribution < 1.29 is 18.4 Å². The van der Waals surface area contributed by atoms with Gasteiger partial charge in [-0.2, -0.15) is 4.31 Å². The fourth-order valence-electron chi connectivity index (χ4n) is 1.61. The highest BCUT2D eigenvalue weighted by molar-refractivity contribution is 7.89. The number of hydrogen-bond donors (Lipinski definition) is 2. The minimum atomic E-state index is -4.03. The molecule has 0 radical (unpaired) electrons. The van der Waals surface area contributed by atoms with Crippen LogP contribution in [0, 0.1) is 10.1 Å². The van der Waals surface area contributed by atoms with Gasteiger partial charge in [0.25, 0.3) is 5.69 Å². The first-order chi connectivity index (χ1) is 9.34. The third-order valence-corrected chi connectivity index (χ3v) is 4.53. The van der Waals surface area contributed by atoms with E-state index in [1.165, 1.54) is 19.2 Å². The Balaban J connectivity index is 3.38. The van der Waals surface area contributed by atoms with E-state index in [9.17, 15) is 18.5 Å². The molecule has 0 aromatic heterocycles. The first-order valence-electron chi connectivity index (χ1n) is 5.94. The van der Waals surface area contributed by atoms with Crippen molar-refractivity contribution in [1.29, 1.82) is 0 Å². The molecule has 0 aliphatic heterocycles. The van der Waals surface area contributed by atoms with Crippen LogP contribution in [0.25, 0.3) is 0 Å². The van der Waals surface area contributed by atoms with Crippen molar-refractivity contribution in [3.63, 3.8) is 0 Å². The summed E-state index contributed by atoms with van der Waals surface area (Å²) >= 11 is 0. The van der Waals surface area contributed by atoms with Gasteiger partial charge in [-0.05, 0) is 19.1 Å². The van der Waals surface area contributed by atoms with Crippen molar-refractivity contribution in [2.24, 2.45) is 0 Å². The predicted octanol–water partition coefficient (Wildman–Crippen LogP) is 0.639. The lowest BCUT2D eigenvalue weighted by atomic mass is 10.3. The van der Waals surface area contributed by atoms with Gasteiger partial charge in [0.15, 0.2) is 4.90 Å². The molecule has 1 aromatic rings. The molecule has 0 aliphatic carbocycles. The smallest absolute Gasteiger partial charge is 0.289 e. The van der Waals surface area contributed by atoms with E-state index in [1.807, 2.05) is 6.92 Å². The number of hydrogen-bond acceptors (Lipinski definition) is 6. The maximum absolute atomic E-state index is 12.3. The van der Waals surface area contributed by atoms with Crippen molar-refractivity contribution in [3.8, 4) is 0 Å². The SMILES string of the molecule is CCNc1ccc([N+](=O)[O-])c(S(=O)(=O)N(C)CCO)c1. The molecule has 0 amide bonds. The molecule has 1 rings (SSSR count). The van der Waals surface area contributed by atoms with Gasteiger partial charge in [-0.3, -0.25) is 10.1 Å². The second kappa shape index (κ2) is 6.64. The summed E-state index contributed by atoms with van der Waals surface area (Å²) in [7, 11) is -2.77. The number of nitrogens with one attached hydrogen (secondary N) is 1. The topological polar surface area (TPSA) is 113 Å². The Morgan fingerprint density at radius 2 is 2.10 bits per heavy atom. The van der Waals surface area contributed by atoms with Crippen LogP contribution in [0.2, 0.25) is 0 Å². The van der Waals surface area contributed by atoms with Gasteiger partial charge >= 0.3 is 0 Å². The number of anilines is 1. The molecule has 20 heavy (non-hydrogen) atoms. The minimum absolute atomic E-state index is 0.134. The fraction of sp³-hybridized carbons (Fsp3) is 0.455. The summed E-state index contributed by atoms with van der Waals surface area (Å²) < 4.78 is 25.5. The highest BCUT2D eigenvalue weighted by Crippen LogP contribution is 2.29. The van der Waals surface area contributed by atoms with Crippen molar-refractivity contribution in [3.05, 3.63) is 28.3 Å². The van der Waals surface area contributed by atoms with Crippen LogP contribution in [0.15, 0.2) is 23.1 Å². The molecule has 0 spiro atoms. The van der Waals surface area contributed by atoms with E-state index >= 15 is 0 Å². The van der Waals surface area contributed by atoms with Crippen molar-refractivity contribution in [2.75, 3.05) is 32.1 Å². The van der Waals surface area contributed by atoms with Crippen molar-refractivity contribution >= 4 is 21.4 Å². The number of nitro benzene ring substituents is 1. The summed E-state index contributed by atoms with van der Waals surface area (Å²) in [4.78, 5) is 9.84. The van der Waals surface area contributed by atoms with E-state index in [0.717, 1.165) is 10.4 Å². The molecule has 0 aliphatic rings.